The van der Waals surface area contributed by atoms with Crippen LogP contribution in [0.25, 0.3) is 12.2 Å². The number of phenols is 4. The highest BCUT2D eigenvalue weighted by Crippen LogP contribution is 2.76. The Kier molecular flexibility index (Phi) is 10.4. The maximum Gasteiger partial charge on any atom is 0.331 e. The van der Waals surface area contributed by atoms with Gasteiger partial charge in [-0.1, -0.05) is 65.3 Å². The molecule has 4 fully saturated rings. The van der Waals surface area contributed by atoms with Crippen LogP contribution in [-0.2, 0) is 23.9 Å². The number of carbonyl (C=O) groups excluding carboxylic acids is 2. The summed E-state index contributed by atoms with van der Waals surface area (Å²) in [5.74, 6) is -2.50. The molecule has 0 unspecified atom stereocenters. The molecule has 58 heavy (non-hydrogen) atoms. The number of allylic oxidation sites excluding steroid dienone is 1. The SMILES string of the molecule is CC1(C)CC[C@@]2(C(=O)O)CC[C@@]3(COC(=O)/C=C/c4ccc(O)c(O)c4)C(=CC[C@H]4[C@]5(C)CC[C@@H](OC(=O)/C=C/c6ccc(O)c(O)c6)C(C)(C)[C@H]5CC[C@@]43C)[C@H]2C1. The molecule has 10 heteroatoms. The maximum atomic E-state index is 13.6. The summed E-state index contributed by atoms with van der Waals surface area (Å²) in [7, 11) is 0. The van der Waals surface area contributed by atoms with Gasteiger partial charge in [0.2, 0.25) is 0 Å². The van der Waals surface area contributed by atoms with Crippen molar-refractivity contribution in [1.29, 1.82) is 0 Å². The third kappa shape index (κ3) is 6.78. The van der Waals surface area contributed by atoms with Crippen LogP contribution in [-0.4, -0.2) is 56.2 Å². The summed E-state index contributed by atoms with van der Waals surface area (Å²) >= 11 is 0. The number of aromatic hydroxyl groups is 4. The molecule has 0 aliphatic heterocycles. The van der Waals surface area contributed by atoms with Gasteiger partial charge >= 0.3 is 17.9 Å². The Morgan fingerprint density at radius 2 is 1.33 bits per heavy atom. The Hall–Kier alpha value is -4.73. The zero-order valence-corrected chi connectivity index (χ0v) is 34.7. The van der Waals surface area contributed by atoms with E-state index in [-0.39, 0.29) is 75.1 Å². The van der Waals surface area contributed by atoms with Crippen LogP contribution < -0.4 is 0 Å². The minimum atomic E-state index is -0.860. The van der Waals surface area contributed by atoms with Crippen LogP contribution >= 0.6 is 0 Å². The zero-order valence-electron chi connectivity index (χ0n) is 34.7. The van der Waals surface area contributed by atoms with E-state index in [4.69, 9.17) is 9.47 Å². The molecular formula is C48H60O10. The van der Waals surface area contributed by atoms with E-state index in [2.05, 4.69) is 47.6 Å². The molecule has 2 aromatic rings. The molecule has 0 aromatic heterocycles. The summed E-state index contributed by atoms with van der Waals surface area (Å²) in [6, 6.07) is 8.70. The average molecular weight is 797 g/mol. The van der Waals surface area contributed by atoms with Crippen LogP contribution in [0.2, 0.25) is 0 Å². The molecule has 0 radical (unpaired) electrons. The molecule has 0 amide bonds. The highest BCUT2D eigenvalue weighted by molar-refractivity contribution is 5.88. The van der Waals surface area contributed by atoms with Gasteiger partial charge in [-0.3, -0.25) is 4.79 Å². The van der Waals surface area contributed by atoms with Gasteiger partial charge in [0.1, 0.15) is 12.7 Å². The van der Waals surface area contributed by atoms with Crippen molar-refractivity contribution in [3.05, 3.63) is 71.3 Å². The lowest BCUT2D eigenvalue weighted by Crippen LogP contribution is -2.67. The number of carbonyl (C=O) groups is 3. The summed E-state index contributed by atoms with van der Waals surface area (Å²) < 4.78 is 12.5. The van der Waals surface area contributed by atoms with Gasteiger partial charge in [-0.25, -0.2) is 9.59 Å². The van der Waals surface area contributed by atoms with Crippen molar-refractivity contribution in [2.24, 2.45) is 50.2 Å². The second-order valence-corrected chi connectivity index (χ2v) is 20.0. The van der Waals surface area contributed by atoms with Crippen LogP contribution in [0.15, 0.2) is 60.2 Å². The van der Waals surface area contributed by atoms with E-state index in [0.717, 1.165) is 44.1 Å². The van der Waals surface area contributed by atoms with Gasteiger partial charge in [0, 0.05) is 23.0 Å². The average Bonchev–Trinajstić information content (AvgIpc) is 3.15. The quantitative estimate of drug-likeness (QED) is 0.0750. The number of benzene rings is 2. The van der Waals surface area contributed by atoms with Crippen LogP contribution in [0, 0.1) is 50.2 Å². The number of carboxylic acids is 1. The lowest BCUT2D eigenvalue weighted by atomic mass is 9.33. The summed E-state index contributed by atoms with van der Waals surface area (Å²) in [6.45, 7) is 13.8. The Morgan fingerprint density at radius 3 is 1.93 bits per heavy atom. The second kappa shape index (κ2) is 14.5. The summed E-state index contributed by atoms with van der Waals surface area (Å²) in [5.41, 5.74) is -0.0470. The first-order chi connectivity index (χ1) is 27.2. The van der Waals surface area contributed by atoms with Crippen molar-refractivity contribution in [2.45, 2.75) is 112 Å². The second-order valence-electron chi connectivity index (χ2n) is 20.0. The molecule has 0 saturated heterocycles. The lowest BCUT2D eigenvalue weighted by Gasteiger charge is -2.71. The summed E-state index contributed by atoms with van der Waals surface area (Å²) in [6.07, 6.45) is 15.3. The van der Waals surface area contributed by atoms with E-state index >= 15 is 0 Å². The van der Waals surface area contributed by atoms with Gasteiger partial charge in [0.05, 0.1) is 5.41 Å². The van der Waals surface area contributed by atoms with Crippen molar-refractivity contribution >= 4 is 30.1 Å². The van der Waals surface area contributed by atoms with Crippen LogP contribution in [0.4, 0.5) is 0 Å². The predicted octanol–water partition coefficient (Wildman–Crippen LogP) is 9.56. The molecule has 0 heterocycles. The standard InChI is InChI=1S/C48H60O10/c1-43(2)21-22-47(42(55)56)23-24-48(28-57-40(53)15-9-29-7-12-33(49)35(51)25-29)31(32(47)27-43)11-14-38-45(5)19-18-39(44(3,4)37(45)17-20-46(38,48)6)58-41(54)16-10-30-8-13-34(50)36(52)26-30/h7-13,15-16,25-26,32,37-39,49-52H,14,17-24,27-28H2,1-6H3,(H,55,56)/b15-9+,16-10+/t32-,37-,38+,39-,45-,46+,47-,48-/m1/s1. The highest BCUT2D eigenvalue weighted by Gasteiger charge is 2.71. The maximum absolute atomic E-state index is 13.6. The molecule has 0 bridgehead atoms. The predicted molar refractivity (Wildman–Crippen MR) is 219 cm³/mol. The van der Waals surface area contributed by atoms with Gasteiger partial charge < -0.3 is 35.0 Å². The van der Waals surface area contributed by atoms with Crippen molar-refractivity contribution < 1.29 is 49.4 Å². The molecular weight excluding hydrogens is 737 g/mol. The molecule has 5 aliphatic carbocycles. The molecule has 312 valence electrons. The highest BCUT2D eigenvalue weighted by atomic mass is 16.5. The third-order valence-corrected chi connectivity index (χ3v) is 16.2. The van der Waals surface area contributed by atoms with Crippen molar-refractivity contribution in [3.8, 4) is 23.0 Å². The number of esters is 2. The molecule has 0 spiro atoms. The van der Waals surface area contributed by atoms with E-state index < -0.39 is 28.7 Å². The van der Waals surface area contributed by atoms with E-state index in [9.17, 15) is 39.9 Å². The largest absolute Gasteiger partial charge is 0.504 e. The molecule has 7 rings (SSSR count). The first-order valence-corrected chi connectivity index (χ1v) is 20.9. The molecule has 5 N–H and O–H groups in total. The number of carboxylic acid groups (broad SMARTS) is 1. The van der Waals surface area contributed by atoms with E-state index in [1.807, 2.05) is 0 Å². The van der Waals surface area contributed by atoms with Gasteiger partial charge in [-0.05, 0) is 146 Å². The molecule has 10 nitrogen and oxygen atoms in total. The first-order valence-electron chi connectivity index (χ1n) is 20.9. The van der Waals surface area contributed by atoms with Gasteiger partial charge in [-0.15, -0.1) is 0 Å². The first kappa shape index (κ1) is 41.4. The van der Waals surface area contributed by atoms with E-state index in [0.29, 0.717) is 36.8 Å². The summed E-state index contributed by atoms with van der Waals surface area (Å²) in [5, 5.41) is 50.2. The fourth-order valence-electron chi connectivity index (χ4n) is 13.0. The number of ether oxygens (including phenoxy) is 2. The number of phenolic OH excluding ortho intramolecular Hbond substituents is 4. The smallest absolute Gasteiger partial charge is 0.331 e. The Bertz CT molecular complexity index is 2080. The van der Waals surface area contributed by atoms with Gasteiger partial charge in [0.15, 0.2) is 23.0 Å². The van der Waals surface area contributed by atoms with Gasteiger partial charge in [-0.2, -0.15) is 0 Å². The minimum Gasteiger partial charge on any atom is -0.504 e. The number of rotatable bonds is 8. The van der Waals surface area contributed by atoms with Crippen LogP contribution in [0.3, 0.4) is 0 Å². The lowest BCUT2D eigenvalue weighted by molar-refractivity contribution is -0.221. The third-order valence-electron chi connectivity index (χ3n) is 16.2. The van der Waals surface area contributed by atoms with Crippen molar-refractivity contribution in [3.63, 3.8) is 0 Å². The summed E-state index contributed by atoms with van der Waals surface area (Å²) in [4.78, 5) is 40.1. The topological polar surface area (TPSA) is 171 Å². The number of fused-ring (bicyclic) bond motifs is 7. The number of hydrogen-bond donors (Lipinski definition) is 5. The molecule has 4 saturated carbocycles. The van der Waals surface area contributed by atoms with E-state index in [1.165, 1.54) is 36.4 Å². The number of aliphatic carboxylic acids is 1. The normalized spacial score (nSPS) is 34.8. The van der Waals surface area contributed by atoms with Crippen LogP contribution in [0.1, 0.15) is 117 Å². The van der Waals surface area contributed by atoms with Crippen molar-refractivity contribution in [2.75, 3.05) is 6.61 Å². The van der Waals surface area contributed by atoms with Crippen LogP contribution in [0.5, 0.6) is 23.0 Å². The monoisotopic (exact) mass is 796 g/mol. The Morgan fingerprint density at radius 1 is 0.724 bits per heavy atom. The Balaban J connectivity index is 1.19. The molecule has 5 aliphatic rings. The van der Waals surface area contributed by atoms with Gasteiger partial charge in [0.25, 0.3) is 0 Å². The van der Waals surface area contributed by atoms with Crippen molar-refractivity contribution in [1.82, 2.24) is 0 Å². The molecule has 2 aromatic carbocycles. The fourth-order valence-corrected chi connectivity index (χ4v) is 13.0. The Labute approximate surface area is 341 Å². The minimum absolute atomic E-state index is 0.0368. The molecule has 8 atom stereocenters. The van der Waals surface area contributed by atoms with E-state index in [1.54, 1.807) is 24.3 Å². The zero-order chi connectivity index (χ0) is 42.1. The fraction of sp³-hybridized carbons (Fsp3) is 0.562. The number of hydrogen-bond acceptors (Lipinski definition) is 9.